The highest BCUT2D eigenvalue weighted by Crippen LogP contribution is 2.14. The van der Waals surface area contributed by atoms with E-state index in [1.807, 2.05) is 43.3 Å². The van der Waals surface area contributed by atoms with Gasteiger partial charge in [-0.15, -0.1) is 0 Å². The van der Waals surface area contributed by atoms with Crippen LogP contribution in [-0.4, -0.2) is 17.4 Å². The van der Waals surface area contributed by atoms with E-state index in [-0.39, 0.29) is 5.91 Å². The minimum absolute atomic E-state index is 0.0680. The fourth-order valence-electron chi connectivity index (χ4n) is 1.93. The second-order valence-electron chi connectivity index (χ2n) is 4.26. The third-order valence-corrected chi connectivity index (χ3v) is 2.93. The number of carbonyl (C=O) groups excluding carboxylic acids is 1. The lowest BCUT2D eigenvalue weighted by Crippen LogP contribution is -2.31. The van der Waals surface area contributed by atoms with Crippen molar-refractivity contribution >= 4 is 17.3 Å². The molecule has 0 aliphatic rings. The molecule has 1 aromatic carbocycles. The van der Waals surface area contributed by atoms with Crippen molar-refractivity contribution in [3.05, 3.63) is 54.4 Å². The third kappa shape index (κ3) is 3.31. The first kappa shape index (κ1) is 13.1. The van der Waals surface area contributed by atoms with E-state index >= 15 is 0 Å². The maximum atomic E-state index is 12.3. The highest BCUT2D eigenvalue weighted by atomic mass is 16.2. The summed E-state index contributed by atoms with van der Waals surface area (Å²) in [7, 11) is 0. The van der Waals surface area contributed by atoms with Gasteiger partial charge in [-0.2, -0.15) is 0 Å². The molecule has 0 bridgehead atoms. The zero-order valence-electron chi connectivity index (χ0n) is 10.9. The summed E-state index contributed by atoms with van der Waals surface area (Å²) in [5, 5.41) is 0. The van der Waals surface area contributed by atoms with Crippen molar-refractivity contribution in [3.63, 3.8) is 0 Å². The number of nitrogens with two attached hydrogens (primary N) is 1. The summed E-state index contributed by atoms with van der Waals surface area (Å²) in [6, 6.07) is 11.1. The van der Waals surface area contributed by atoms with Crippen LogP contribution in [0.25, 0.3) is 0 Å². The molecule has 0 atom stereocenters. The summed E-state index contributed by atoms with van der Waals surface area (Å²) >= 11 is 0. The smallest absolute Gasteiger partial charge is 0.231 e. The van der Waals surface area contributed by atoms with Crippen molar-refractivity contribution in [2.24, 2.45) is 0 Å². The number of nitrogens with zero attached hydrogens (tertiary/aromatic N) is 2. The average Bonchev–Trinajstić information content (AvgIpc) is 2.43. The topological polar surface area (TPSA) is 59.2 Å². The van der Waals surface area contributed by atoms with Gasteiger partial charge in [0.25, 0.3) is 0 Å². The van der Waals surface area contributed by atoms with Crippen LogP contribution in [0.3, 0.4) is 0 Å². The Hall–Kier alpha value is -2.36. The summed E-state index contributed by atoms with van der Waals surface area (Å²) < 4.78 is 0. The first-order valence-corrected chi connectivity index (χ1v) is 6.25. The third-order valence-electron chi connectivity index (χ3n) is 2.93. The molecule has 19 heavy (non-hydrogen) atoms. The van der Waals surface area contributed by atoms with E-state index in [0.29, 0.717) is 18.7 Å². The molecule has 2 aromatic rings. The Labute approximate surface area is 112 Å². The van der Waals surface area contributed by atoms with Crippen molar-refractivity contribution in [1.82, 2.24) is 4.98 Å². The molecule has 0 radical (unpaired) electrons. The van der Waals surface area contributed by atoms with Crippen LogP contribution >= 0.6 is 0 Å². The van der Waals surface area contributed by atoms with E-state index in [9.17, 15) is 4.79 Å². The summed E-state index contributed by atoms with van der Waals surface area (Å²) in [6.07, 6.45) is 3.75. The second-order valence-corrected chi connectivity index (χ2v) is 4.26. The molecule has 0 saturated carbocycles. The van der Waals surface area contributed by atoms with Crippen LogP contribution in [0.1, 0.15) is 12.5 Å². The number of aromatic nitrogens is 1. The fourth-order valence-corrected chi connectivity index (χ4v) is 1.93. The maximum Gasteiger partial charge on any atom is 0.231 e. The lowest BCUT2D eigenvalue weighted by atomic mass is 10.1. The van der Waals surface area contributed by atoms with E-state index in [0.717, 1.165) is 11.3 Å². The van der Waals surface area contributed by atoms with Gasteiger partial charge in [-0.1, -0.05) is 12.1 Å². The molecular formula is C15H17N3O. The molecule has 1 heterocycles. The lowest BCUT2D eigenvalue weighted by Gasteiger charge is -2.20. The lowest BCUT2D eigenvalue weighted by molar-refractivity contribution is -0.117. The van der Waals surface area contributed by atoms with Gasteiger partial charge in [0.1, 0.15) is 0 Å². The number of amides is 1. The number of anilines is 2. The predicted octanol–water partition coefficient (Wildman–Crippen LogP) is 2.26. The second kappa shape index (κ2) is 6.00. The molecule has 0 fully saturated rings. The molecule has 0 aliphatic heterocycles. The van der Waals surface area contributed by atoms with Gasteiger partial charge in [-0.25, -0.2) is 0 Å². The van der Waals surface area contributed by atoms with Crippen LogP contribution in [0, 0.1) is 0 Å². The average molecular weight is 255 g/mol. The number of hydrogen-bond donors (Lipinski definition) is 1. The quantitative estimate of drug-likeness (QED) is 0.852. The molecule has 1 aromatic heterocycles. The number of likely N-dealkylation sites (N-methyl/N-ethyl adjacent to an activating group) is 1. The Morgan fingerprint density at radius 3 is 2.37 bits per heavy atom. The standard InChI is InChI=1S/C15H17N3O/c1-2-18(14-7-9-17-10-8-14)15(19)11-12-3-5-13(16)6-4-12/h3-10H,2,11,16H2,1H3. The SMILES string of the molecule is CCN(C(=O)Cc1ccc(N)cc1)c1ccncc1. The van der Waals surface area contributed by atoms with Crippen molar-refractivity contribution in [2.45, 2.75) is 13.3 Å². The van der Waals surface area contributed by atoms with Gasteiger partial charge < -0.3 is 10.6 Å². The van der Waals surface area contributed by atoms with Crippen LogP contribution in [0.2, 0.25) is 0 Å². The Bertz CT molecular complexity index is 537. The molecular weight excluding hydrogens is 238 g/mol. The Morgan fingerprint density at radius 2 is 1.79 bits per heavy atom. The van der Waals surface area contributed by atoms with Crippen molar-refractivity contribution in [1.29, 1.82) is 0 Å². The van der Waals surface area contributed by atoms with E-state index < -0.39 is 0 Å². The molecule has 0 unspecified atom stereocenters. The summed E-state index contributed by atoms with van der Waals surface area (Å²) in [4.78, 5) is 18.0. The van der Waals surface area contributed by atoms with E-state index in [1.165, 1.54) is 0 Å². The fraction of sp³-hybridized carbons (Fsp3) is 0.200. The van der Waals surface area contributed by atoms with Crippen LogP contribution in [0.15, 0.2) is 48.8 Å². The van der Waals surface area contributed by atoms with Gasteiger partial charge in [-0.3, -0.25) is 9.78 Å². The van der Waals surface area contributed by atoms with Crippen molar-refractivity contribution in [2.75, 3.05) is 17.2 Å². The summed E-state index contributed by atoms with van der Waals surface area (Å²) in [5.41, 5.74) is 8.18. The first-order chi connectivity index (χ1) is 9.20. The van der Waals surface area contributed by atoms with Crippen LogP contribution in [-0.2, 0) is 11.2 Å². The Balaban J connectivity index is 2.11. The highest BCUT2D eigenvalue weighted by molar-refractivity contribution is 5.94. The highest BCUT2D eigenvalue weighted by Gasteiger charge is 2.13. The molecule has 4 heteroatoms. The molecule has 0 spiro atoms. The first-order valence-electron chi connectivity index (χ1n) is 6.25. The van der Waals surface area contributed by atoms with E-state index in [2.05, 4.69) is 4.98 Å². The Morgan fingerprint density at radius 1 is 1.16 bits per heavy atom. The number of hydrogen-bond acceptors (Lipinski definition) is 3. The number of nitrogen functional groups attached to an aromatic ring is 1. The zero-order valence-corrected chi connectivity index (χ0v) is 10.9. The number of carbonyl (C=O) groups is 1. The van der Waals surface area contributed by atoms with Crippen LogP contribution in [0.5, 0.6) is 0 Å². The van der Waals surface area contributed by atoms with Gasteiger partial charge in [0.2, 0.25) is 5.91 Å². The van der Waals surface area contributed by atoms with Crippen LogP contribution < -0.4 is 10.6 Å². The molecule has 4 nitrogen and oxygen atoms in total. The molecule has 1 amide bonds. The normalized spacial score (nSPS) is 10.2. The number of pyridine rings is 1. The molecule has 2 rings (SSSR count). The minimum Gasteiger partial charge on any atom is -0.399 e. The number of benzene rings is 1. The minimum atomic E-state index is 0.0680. The van der Waals surface area contributed by atoms with Gasteiger partial charge in [0, 0.05) is 30.3 Å². The predicted molar refractivity (Wildman–Crippen MR) is 76.8 cm³/mol. The molecule has 0 aliphatic carbocycles. The molecule has 98 valence electrons. The van der Waals surface area contributed by atoms with Gasteiger partial charge in [0.15, 0.2) is 0 Å². The number of rotatable bonds is 4. The van der Waals surface area contributed by atoms with Crippen molar-refractivity contribution < 1.29 is 4.79 Å². The summed E-state index contributed by atoms with van der Waals surface area (Å²) in [5.74, 6) is 0.0680. The van der Waals surface area contributed by atoms with Crippen molar-refractivity contribution in [3.8, 4) is 0 Å². The zero-order chi connectivity index (χ0) is 13.7. The van der Waals surface area contributed by atoms with Crippen LogP contribution in [0.4, 0.5) is 11.4 Å². The van der Waals surface area contributed by atoms with E-state index in [1.54, 1.807) is 17.3 Å². The van der Waals surface area contributed by atoms with Gasteiger partial charge >= 0.3 is 0 Å². The maximum absolute atomic E-state index is 12.3. The largest absolute Gasteiger partial charge is 0.399 e. The Kier molecular flexibility index (Phi) is 4.13. The van der Waals surface area contributed by atoms with Gasteiger partial charge in [-0.05, 0) is 36.8 Å². The van der Waals surface area contributed by atoms with E-state index in [4.69, 9.17) is 5.73 Å². The monoisotopic (exact) mass is 255 g/mol. The molecule has 2 N–H and O–H groups in total. The molecule has 0 saturated heterocycles. The summed E-state index contributed by atoms with van der Waals surface area (Å²) in [6.45, 7) is 2.60. The van der Waals surface area contributed by atoms with Gasteiger partial charge in [0.05, 0.1) is 6.42 Å².